The molecular formula is C10H10N2. The molecule has 0 unspecified atom stereocenters. The van der Waals surface area contributed by atoms with Crippen LogP contribution in [0.2, 0.25) is 0 Å². The van der Waals surface area contributed by atoms with Crippen molar-refractivity contribution in [2.75, 3.05) is 0 Å². The van der Waals surface area contributed by atoms with Gasteiger partial charge >= 0.3 is 0 Å². The summed E-state index contributed by atoms with van der Waals surface area (Å²) in [5, 5.41) is 0. The highest BCUT2D eigenvalue weighted by molar-refractivity contribution is 5.71. The molecule has 1 aliphatic rings. The first kappa shape index (κ1) is 7.14. The van der Waals surface area contributed by atoms with Gasteiger partial charge < -0.3 is 4.98 Å². The topological polar surface area (TPSA) is 28.7 Å². The van der Waals surface area contributed by atoms with Crippen LogP contribution in [0.25, 0.3) is 11.6 Å². The zero-order chi connectivity index (χ0) is 8.55. The molecular weight excluding hydrogens is 148 g/mol. The zero-order valence-corrected chi connectivity index (χ0v) is 7.18. The number of H-pyrrole nitrogens is 1. The lowest BCUT2D eigenvalue weighted by molar-refractivity contribution is 1.14. The fourth-order valence-electron chi connectivity index (χ4n) is 1.30. The molecule has 0 saturated heterocycles. The molecule has 1 heterocycles. The maximum atomic E-state index is 4.37. The summed E-state index contributed by atoms with van der Waals surface area (Å²) in [7, 11) is 0. The first-order valence-corrected chi connectivity index (χ1v) is 3.94. The molecule has 0 saturated carbocycles. The van der Waals surface area contributed by atoms with Crippen molar-refractivity contribution in [2.24, 2.45) is 0 Å². The lowest BCUT2D eigenvalue weighted by Gasteiger charge is -1.91. The van der Waals surface area contributed by atoms with E-state index in [1.165, 1.54) is 0 Å². The van der Waals surface area contributed by atoms with Crippen LogP contribution in [0.1, 0.15) is 24.1 Å². The molecule has 2 rings (SSSR count). The number of aryl methyl sites for hydroxylation is 1. The molecule has 1 aliphatic carbocycles. The van der Waals surface area contributed by atoms with Gasteiger partial charge in [0.1, 0.15) is 5.82 Å². The Kier molecular flexibility index (Phi) is 1.49. The van der Waals surface area contributed by atoms with Gasteiger partial charge in [0.15, 0.2) is 0 Å². The minimum absolute atomic E-state index is 0.952. The summed E-state index contributed by atoms with van der Waals surface area (Å²) in [4.78, 5) is 7.55. The average molecular weight is 158 g/mol. The van der Waals surface area contributed by atoms with Crippen LogP contribution in [-0.4, -0.2) is 9.97 Å². The number of nitrogens with one attached hydrogen (secondary N) is 1. The van der Waals surface area contributed by atoms with E-state index >= 15 is 0 Å². The van der Waals surface area contributed by atoms with Crippen LogP contribution in [0.4, 0.5) is 0 Å². The molecule has 0 aliphatic heterocycles. The SMILES string of the molecule is CC1=C=CC=Cc2[nH]c(C)nc21. The average Bonchev–Trinajstić information content (AvgIpc) is 2.33. The van der Waals surface area contributed by atoms with E-state index in [9.17, 15) is 0 Å². The third kappa shape index (κ3) is 1.03. The Labute approximate surface area is 71.3 Å². The molecule has 12 heavy (non-hydrogen) atoms. The molecule has 0 bridgehead atoms. The molecule has 1 aromatic rings. The molecule has 1 N–H and O–H groups in total. The van der Waals surface area contributed by atoms with Gasteiger partial charge in [0.05, 0.1) is 11.4 Å². The van der Waals surface area contributed by atoms with Gasteiger partial charge in [-0.1, -0.05) is 6.08 Å². The predicted octanol–water partition coefficient (Wildman–Crippen LogP) is 2.30. The maximum absolute atomic E-state index is 4.37. The minimum Gasteiger partial charge on any atom is -0.342 e. The largest absolute Gasteiger partial charge is 0.342 e. The second kappa shape index (κ2) is 2.50. The molecule has 0 amide bonds. The number of allylic oxidation sites excluding steroid dienone is 2. The summed E-state index contributed by atoms with van der Waals surface area (Å²) in [6.45, 7) is 3.97. The summed E-state index contributed by atoms with van der Waals surface area (Å²) in [5.74, 6) is 0.952. The molecule has 2 nitrogen and oxygen atoms in total. The third-order valence-electron chi connectivity index (χ3n) is 1.86. The van der Waals surface area contributed by atoms with Crippen LogP contribution in [0, 0.1) is 6.92 Å². The van der Waals surface area contributed by atoms with Crippen LogP contribution in [-0.2, 0) is 0 Å². The van der Waals surface area contributed by atoms with Gasteiger partial charge in [-0.2, -0.15) is 0 Å². The summed E-state index contributed by atoms with van der Waals surface area (Å²) >= 11 is 0. The van der Waals surface area contributed by atoms with E-state index in [-0.39, 0.29) is 0 Å². The normalized spacial score (nSPS) is 14.0. The first-order chi connectivity index (χ1) is 5.77. The van der Waals surface area contributed by atoms with Crippen molar-refractivity contribution >= 4 is 11.6 Å². The Hall–Kier alpha value is -1.53. The lowest BCUT2D eigenvalue weighted by atomic mass is 10.2. The van der Waals surface area contributed by atoms with Crippen LogP contribution >= 0.6 is 0 Å². The number of imidazole rings is 1. The van der Waals surface area contributed by atoms with Crippen LogP contribution < -0.4 is 0 Å². The van der Waals surface area contributed by atoms with E-state index < -0.39 is 0 Å². The highest BCUT2D eigenvalue weighted by Crippen LogP contribution is 2.18. The smallest absolute Gasteiger partial charge is 0.104 e. The van der Waals surface area contributed by atoms with E-state index in [1.54, 1.807) is 0 Å². The number of aromatic nitrogens is 2. The standard InChI is InChI=1S/C10H10N2/c1-7-5-3-4-6-9-10(7)12-8(2)11-9/h3-4,6H,1-2H3,(H,11,12). The zero-order valence-electron chi connectivity index (χ0n) is 7.18. The molecule has 0 spiro atoms. The minimum atomic E-state index is 0.952. The highest BCUT2D eigenvalue weighted by atomic mass is 14.9. The van der Waals surface area contributed by atoms with Crippen molar-refractivity contribution in [3.8, 4) is 0 Å². The summed E-state index contributed by atoms with van der Waals surface area (Å²) in [6, 6.07) is 0. The summed E-state index contributed by atoms with van der Waals surface area (Å²) in [6.07, 6.45) is 5.88. The van der Waals surface area contributed by atoms with Gasteiger partial charge in [0.25, 0.3) is 0 Å². The Morgan fingerprint density at radius 1 is 1.42 bits per heavy atom. The van der Waals surface area contributed by atoms with Crippen LogP contribution in [0.3, 0.4) is 0 Å². The highest BCUT2D eigenvalue weighted by Gasteiger charge is 2.07. The monoisotopic (exact) mass is 158 g/mol. The quantitative estimate of drug-likeness (QED) is 0.576. The van der Waals surface area contributed by atoms with E-state index in [0.717, 1.165) is 22.8 Å². The van der Waals surface area contributed by atoms with Crippen molar-refractivity contribution in [1.82, 2.24) is 9.97 Å². The predicted molar refractivity (Wildman–Crippen MR) is 49.5 cm³/mol. The van der Waals surface area contributed by atoms with Crippen molar-refractivity contribution < 1.29 is 0 Å². The Morgan fingerprint density at radius 2 is 2.25 bits per heavy atom. The number of nitrogens with zero attached hydrogens (tertiary/aromatic N) is 1. The van der Waals surface area contributed by atoms with E-state index in [2.05, 4.69) is 15.7 Å². The molecule has 1 aromatic heterocycles. The number of aromatic amines is 1. The van der Waals surface area contributed by atoms with Gasteiger partial charge in [0, 0.05) is 5.57 Å². The van der Waals surface area contributed by atoms with Gasteiger partial charge in [0.2, 0.25) is 0 Å². The summed E-state index contributed by atoms with van der Waals surface area (Å²) in [5.41, 5.74) is 6.31. The van der Waals surface area contributed by atoms with Crippen LogP contribution in [0.15, 0.2) is 17.9 Å². The second-order valence-electron chi connectivity index (χ2n) is 2.88. The molecule has 60 valence electrons. The molecule has 0 aromatic carbocycles. The maximum Gasteiger partial charge on any atom is 0.104 e. The van der Waals surface area contributed by atoms with Gasteiger partial charge in [-0.3, -0.25) is 0 Å². The number of hydrogen-bond acceptors (Lipinski definition) is 1. The fraction of sp³-hybridized carbons (Fsp3) is 0.200. The van der Waals surface area contributed by atoms with Gasteiger partial charge in [-0.05, 0) is 26.0 Å². The van der Waals surface area contributed by atoms with E-state index in [0.29, 0.717) is 0 Å². The molecule has 2 heteroatoms. The van der Waals surface area contributed by atoms with E-state index in [4.69, 9.17) is 0 Å². The lowest BCUT2D eigenvalue weighted by Crippen LogP contribution is -1.80. The van der Waals surface area contributed by atoms with Crippen molar-refractivity contribution in [3.05, 3.63) is 35.1 Å². The molecule has 0 radical (unpaired) electrons. The number of hydrogen-bond donors (Lipinski definition) is 1. The van der Waals surface area contributed by atoms with Crippen LogP contribution in [0.5, 0.6) is 0 Å². The van der Waals surface area contributed by atoms with Crippen molar-refractivity contribution in [1.29, 1.82) is 0 Å². The third-order valence-corrected chi connectivity index (χ3v) is 1.86. The fourth-order valence-corrected chi connectivity index (χ4v) is 1.30. The van der Waals surface area contributed by atoms with E-state index in [1.807, 2.05) is 32.1 Å². The van der Waals surface area contributed by atoms with Gasteiger partial charge in [-0.25, -0.2) is 4.98 Å². The molecule has 0 fully saturated rings. The Bertz CT molecular complexity index is 401. The summed E-state index contributed by atoms with van der Waals surface area (Å²) < 4.78 is 0. The first-order valence-electron chi connectivity index (χ1n) is 3.94. The van der Waals surface area contributed by atoms with Gasteiger partial charge in [-0.15, -0.1) is 5.73 Å². The second-order valence-corrected chi connectivity index (χ2v) is 2.88. The van der Waals surface area contributed by atoms with Crippen molar-refractivity contribution in [2.45, 2.75) is 13.8 Å². The van der Waals surface area contributed by atoms with Crippen molar-refractivity contribution in [3.63, 3.8) is 0 Å². The Balaban J connectivity index is 2.70. The number of rotatable bonds is 0. The number of fused-ring (bicyclic) bond motifs is 1. The Morgan fingerprint density at radius 3 is 3.08 bits per heavy atom. The molecule has 0 atom stereocenters.